The van der Waals surface area contributed by atoms with E-state index in [0.717, 1.165) is 4.47 Å². The summed E-state index contributed by atoms with van der Waals surface area (Å²) in [6.07, 6.45) is 3.05. The number of nitrogens with zero attached hydrogens (tertiary/aromatic N) is 2. The topological polar surface area (TPSA) is 63.8 Å². The van der Waals surface area contributed by atoms with Crippen molar-refractivity contribution in [3.05, 3.63) is 39.0 Å². The number of nitrogens with two attached hydrogens (primary N) is 1. The summed E-state index contributed by atoms with van der Waals surface area (Å²) in [7, 11) is 0. The van der Waals surface area contributed by atoms with E-state index >= 15 is 0 Å². The molecule has 0 aliphatic carbocycles. The minimum absolute atomic E-state index is 0.294. The van der Waals surface area contributed by atoms with Crippen molar-refractivity contribution in [1.29, 1.82) is 0 Å². The fourth-order valence-corrected chi connectivity index (χ4v) is 2.02. The largest absolute Gasteiger partial charge is 0.381 e. The molecule has 3 N–H and O–H groups in total. The van der Waals surface area contributed by atoms with Crippen LogP contribution in [0.5, 0.6) is 0 Å². The van der Waals surface area contributed by atoms with Crippen LogP contribution in [0.1, 0.15) is 0 Å². The number of rotatable bonds is 2. The quantitative estimate of drug-likeness (QED) is 0.819. The minimum Gasteiger partial charge on any atom is -0.381 e. The lowest BCUT2D eigenvalue weighted by Gasteiger charge is -2.10. The second-order valence-electron chi connectivity index (χ2n) is 3.14. The van der Waals surface area contributed by atoms with E-state index in [9.17, 15) is 0 Å². The Morgan fingerprint density at radius 3 is 2.53 bits per heavy atom. The molecule has 1 aromatic carbocycles. The summed E-state index contributed by atoms with van der Waals surface area (Å²) >= 11 is 15.4. The predicted octanol–water partition coefficient (Wildman–Crippen LogP) is 3.87. The predicted molar refractivity (Wildman–Crippen MR) is 73.9 cm³/mol. The Morgan fingerprint density at radius 1 is 1.12 bits per heavy atom. The molecule has 0 unspecified atom stereocenters. The van der Waals surface area contributed by atoms with Crippen molar-refractivity contribution in [3.63, 3.8) is 0 Å². The highest BCUT2D eigenvalue weighted by atomic mass is 79.9. The Balaban J connectivity index is 2.38. The van der Waals surface area contributed by atoms with Crippen LogP contribution in [0.15, 0.2) is 29.0 Å². The average molecular weight is 334 g/mol. The number of nitrogens with one attached hydrogen (secondary N) is 1. The van der Waals surface area contributed by atoms with Gasteiger partial charge in [-0.05, 0) is 28.1 Å². The van der Waals surface area contributed by atoms with Crippen LogP contribution in [0.4, 0.5) is 17.3 Å². The van der Waals surface area contributed by atoms with E-state index in [4.69, 9.17) is 28.9 Å². The Kier molecular flexibility index (Phi) is 3.71. The van der Waals surface area contributed by atoms with Crippen molar-refractivity contribution < 1.29 is 0 Å². The molecule has 0 fully saturated rings. The van der Waals surface area contributed by atoms with Crippen molar-refractivity contribution in [2.75, 3.05) is 11.1 Å². The highest BCUT2D eigenvalue weighted by molar-refractivity contribution is 9.10. The fourth-order valence-electron chi connectivity index (χ4n) is 1.20. The van der Waals surface area contributed by atoms with Crippen LogP contribution < -0.4 is 11.1 Å². The molecule has 17 heavy (non-hydrogen) atoms. The maximum Gasteiger partial charge on any atom is 0.173 e. The monoisotopic (exact) mass is 332 g/mol. The average Bonchev–Trinajstić information content (AvgIpc) is 2.32. The summed E-state index contributed by atoms with van der Waals surface area (Å²) in [5, 5.41) is 3.80. The number of benzene rings is 1. The Morgan fingerprint density at radius 2 is 1.82 bits per heavy atom. The number of nitrogen functional groups attached to an aromatic ring is 1. The summed E-state index contributed by atoms with van der Waals surface area (Å²) in [5.74, 6) is 0.732. The molecular weight excluding hydrogens is 327 g/mol. The Bertz CT molecular complexity index is 562. The maximum atomic E-state index is 6.09. The number of hydrogen-bond donors (Lipinski definition) is 2. The van der Waals surface area contributed by atoms with Crippen LogP contribution in [0.3, 0.4) is 0 Å². The van der Waals surface area contributed by atoms with E-state index in [1.54, 1.807) is 12.1 Å². The van der Waals surface area contributed by atoms with Gasteiger partial charge in [0.1, 0.15) is 0 Å². The molecule has 0 amide bonds. The third-order valence-corrected chi connectivity index (χ3v) is 3.79. The minimum atomic E-state index is 0.294. The number of halogens is 3. The van der Waals surface area contributed by atoms with Crippen LogP contribution in [0.25, 0.3) is 0 Å². The second kappa shape index (κ2) is 5.08. The van der Waals surface area contributed by atoms with E-state index < -0.39 is 0 Å². The lowest BCUT2D eigenvalue weighted by molar-refractivity contribution is 1.21. The van der Waals surface area contributed by atoms with Gasteiger partial charge < -0.3 is 11.1 Å². The molecule has 0 saturated heterocycles. The van der Waals surface area contributed by atoms with Crippen molar-refractivity contribution in [1.82, 2.24) is 9.97 Å². The van der Waals surface area contributed by atoms with Gasteiger partial charge in [0.05, 0.1) is 15.7 Å². The number of hydrogen-bond acceptors (Lipinski definition) is 4. The first-order valence-electron chi connectivity index (χ1n) is 4.56. The lowest BCUT2D eigenvalue weighted by atomic mass is 10.3. The van der Waals surface area contributed by atoms with Gasteiger partial charge in [0.2, 0.25) is 0 Å². The molecule has 2 rings (SSSR count). The first-order chi connectivity index (χ1) is 8.09. The summed E-state index contributed by atoms with van der Waals surface area (Å²) in [6, 6.07) is 3.55. The van der Waals surface area contributed by atoms with Crippen LogP contribution in [-0.4, -0.2) is 9.97 Å². The molecule has 4 nitrogen and oxygen atoms in total. The third-order valence-electron chi connectivity index (χ3n) is 2.01. The molecule has 0 atom stereocenters. The van der Waals surface area contributed by atoms with Crippen molar-refractivity contribution in [2.45, 2.75) is 0 Å². The molecule has 1 aromatic heterocycles. The van der Waals surface area contributed by atoms with E-state index in [2.05, 4.69) is 31.2 Å². The van der Waals surface area contributed by atoms with Crippen molar-refractivity contribution >= 4 is 56.5 Å². The fraction of sp³-hybridized carbons (Fsp3) is 0. The van der Waals surface area contributed by atoms with Crippen LogP contribution in [-0.2, 0) is 0 Å². The molecule has 7 heteroatoms. The van der Waals surface area contributed by atoms with Crippen LogP contribution >= 0.6 is 39.1 Å². The van der Waals surface area contributed by atoms with Gasteiger partial charge in [-0.25, -0.2) is 9.97 Å². The summed E-state index contributed by atoms with van der Waals surface area (Å²) in [4.78, 5) is 7.97. The summed E-state index contributed by atoms with van der Waals surface area (Å²) in [5.41, 5.74) is 6.28. The zero-order chi connectivity index (χ0) is 12.4. The standard InChI is InChI=1S/C10H7BrCl2N4/c11-5-1-2-6(8(13)7(5)12)17-10-9(14)15-3-4-16-10/h1-4H,(H2,14,15)(H,16,17). The zero-order valence-electron chi connectivity index (χ0n) is 8.42. The molecule has 0 radical (unpaired) electrons. The molecule has 0 aliphatic heterocycles. The highest BCUT2D eigenvalue weighted by Gasteiger charge is 2.10. The number of aromatic nitrogens is 2. The van der Waals surface area contributed by atoms with Gasteiger partial charge in [0, 0.05) is 16.9 Å². The Hall–Kier alpha value is -1.04. The molecule has 88 valence electrons. The SMILES string of the molecule is Nc1nccnc1Nc1ccc(Br)c(Cl)c1Cl. The van der Waals surface area contributed by atoms with Crippen molar-refractivity contribution in [2.24, 2.45) is 0 Å². The first-order valence-corrected chi connectivity index (χ1v) is 6.11. The highest BCUT2D eigenvalue weighted by Crippen LogP contribution is 2.37. The van der Waals surface area contributed by atoms with Gasteiger partial charge >= 0.3 is 0 Å². The van der Waals surface area contributed by atoms with Gasteiger partial charge in [-0.1, -0.05) is 23.2 Å². The molecule has 0 saturated carbocycles. The second-order valence-corrected chi connectivity index (χ2v) is 4.75. The van der Waals surface area contributed by atoms with Crippen LogP contribution in [0.2, 0.25) is 10.0 Å². The summed E-state index contributed by atoms with van der Waals surface area (Å²) < 4.78 is 0.724. The van der Waals surface area contributed by atoms with Gasteiger partial charge in [-0.3, -0.25) is 0 Å². The molecule has 1 heterocycles. The van der Waals surface area contributed by atoms with E-state index in [1.165, 1.54) is 12.4 Å². The molecule has 2 aromatic rings. The van der Waals surface area contributed by atoms with Gasteiger partial charge in [-0.15, -0.1) is 0 Å². The zero-order valence-corrected chi connectivity index (χ0v) is 11.5. The van der Waals surface area contributed by atoms with Gasteiger partial charge in [0.15, 0.2) is 11.6 Å². The molecule has 0 bridgehead atoms. The summed E-state index contributed by atoms with van der Waals surface area (Å²) in [6.45, 7) is 0. The number of anilines is 3. The molecular formula is C10H7BrCl2N4. The lowest BCUT2D eigenvalue weighted by Crippen LogP contribution is -2.01. The van der Waals surface area contributed by atoms with E-state index in [0.29, 0.717) is 27.4 Å². The van der Waals surface area contributed by atoms with Gasteiger partial charge in [-0.2, -0.15) is 0 Å². The molecule has 0 aliphatic rings. The maximum absolute atomic E-state index is 6.09. The first kappa shape index (κ1) is 12.4. The van der Waals surface area contributed by atoms with Gasteiger partial charge in [0.25, 0.3) is 0 Å². The molecule has 0 spiro atoms. The Labute approximate surface area is 116 Å². The smallest absolute Gasteiger partial charge is 0.173 e. The van der Waals surface area contributed by atoms with Crippen LogP contribution in [0, 0.1) is 0 Å². The third kappa shape index (κ3) is 2.62. The van der Waals surface area contributed by atoms with Crippen molar-refractivity contribution in [3.8, 4) is 0 Å². The van der Waals surface area contributed by atoms with E-state index in [-0.39, 0.29) is 0 Å². The normalized spacial score (nSPS) is 10.3. The van der Waals surface area contributed by atoms with E-state index in [1.807, 2.05) is 0 Å².